The van der Waals surface area contributed by atoms with Gasteiger partial charge in [0.15, 0.2) is 0 Å². The molecule has 3 nitrogen and oxygen atoms in total. The van der Waals surface area contributed by atoms with Crippen LogP contribution in [-0.2, 0) is 0 Å². The minimum Gasteiger partial charge on any atom is -0.338 e. The van der Waals surface area contributed by atoms with Gasteiger partial charge < -0.3 is 10.2 Å². The van der Waals surface area contributed by atoms with E-state index in [0.717, 1.165) is 39.7 Å². The Kier molecular flexibility index (Phi) is 5.22. The monoisotopic (exact) mass is 462 g/mol. The van der Waals surface area contributed by atoms with Gasteiger partial charge in [0.1, 0.15) is 0 Å². The third kappa shape index (κ3) is 3.62. The first-order valence-corrected chi connectivity index (χ1v) is 9.50. The number of amides is 1. The van der Waals surface area contributed by atoms with Gasteiger partial charge in [-0.1, -0.05) is 0 Å². The number of hydrogen-bond acceptors (Lipinski definition) is 2. The van der Waals surface area contributed by atoms with E-state index < -0.39 is 0 Å². The zero-order valence-electron chi connectivity index (χ0n) is 11.9. The summed E-state index contributed by atoms with van der Waals surface area (Å²) in [6, 6.07) is 6.57. The highest BCUT2D eigenvalue weighted by atomic mass is 127. The van der Waals surface area contributed by atoms with Crippen LogP contribution in [0.15, 0.2) is 22.7 Å². The number of piperidine rings is 1. The summed E-state index contributed by atoms with van der Waals surface area (Å²) in [5.74, 6) is 0.787. The summed E-state index contributed by atoms with van der Waals surface area (Å²) in [6.07, 6.45) is 4.91. The highest BCUT2D eigenvalue weighted by Crippen LogP contribution is 2.27. The molecule has 0 spiro atoms. The van der Waals surface area contributed by atoms with E-state index in [4.69, 9.17) is 0 Å². The number of nitrogens with zero attached hydrogens (tertiary/aromatic N) is 1. The van der Waals surface area contributed by atoms with Crippen molar-refractivity contribution in [1.82, 2.24) is 10.2 Å². The van der Waals surface area contributed by atoms with Crippen LogP contribution >= 0.6 is 38.5 Å². The lowest BCUT2D eigenvalue weighted by Crippen LogP contribution is -2.46. The predicted octanol–water partition coefficient (Wildman–Crippen LogP) is 3.66. The average molecular weight is 463 g/mol. The number of carbonyl (C=O) groups is 1. The maximum atomic E-state index is 12.8. The third-order valence-corrected chi connectivity index (χ3v) is 5.93. The number of nitrogens with one attached hydrogen (secondary N) is 1. The lowest BCUT2D eigenvalue weighted by Gasteiger charge is -2.36. The highest BCUT2D eigenvalue weighted by Gasteiger charge is 2.31. The second kappa shape index (κ2) is 6.96. The first-order chi connectivity index (χ1) is 10.1. The molecule has 3 rings (SSSR count). The normalized spacial score (nSPS) is 26.1. The lowest BCUT2D eigenvalue weighted by atomic mass is 9.89. The van der Waals surface area contributed by atoms with Gasteiger partial charge in [-0.15, -0.1) is 0 Å². The average Bonchev–Trinajstić information content (AvgIpc) is 3.03. The van der Waals surface area contributed by atoms with E-state index in [1.807, 2.05) is 23.1 Å². The van der Waals surface area contributed by atoms with Crippen molar-refractivity contribution in [3.05, 3.63) is 31.8 Å². The van der Waals surface area contributed by atoms with Gasteiger partial charge in [-0.3, -0.25) is 4.79 Å². The summed E-state index contributed by atoms with van der Waals surface area (Å²) in [5.41, 5.74) is 0.793. The topological polar surface area (TPSA) is 32.3 Å². The Labute approximate surface area is 148 Å². The minimum absolute atomic E-state index is 0.170. The van der Waals surface area contributed by atoms with E-state index in [2.05, 4.69) is 43.8 Å². The van der Waals surface area contributed by atoms with Crippen molar-refractivity contribution in [2.45, 2.75) is 31.7 Å². The van der Waals surface area contributed by atoms with Crippen LogP contribution in [0.4, 0.5) is 0 Å². The third-order valence-electron chi connectivity index (χ3n) is 4.57. The molecule has 1 N–H and O–H groups in total. The fourth-order valence-electron chi connectivity index (χ4n) is 3.47. The molecule has 2 atom stereocenters. The van der Waals surface area contributed by atoms with Crippen LogP contribution in [0.25, 0.3) is 0 Å². The van der Waals surface area contributed by atoms with Crippen molar-refractivity contribution in [1.29, 1.82) is 0 Å². The van der Waals surface area contributed by atoms with Gasteiger partial charge in [-0.25, -0.2) is 0 Å². The second-order valence-corrected chi connectivity index (χ2v) is 8.08. The second-order valence-electron chi connectivity index (χ2n) is 5.98. The van der Waals surface area contributed by atoms with Gasteiger partial charge in [0.05, 0.1) is 5.56 Å². The Hall–Kier alpha value is -0.140. The van der Waals surface area contributed by atoms with Gasteiger partial charge in [-0.2, -0.15) is 0 Å². The summed E-state index contributed by atoms with van der Waals surface area (Å²) in [6.45, 7) is 2.92. The predicted molar refractivity (Wildman–Crippen MR) is 96.5 cm³/mol. The summed E-state index contributed by atoms with van der Waals surface area (Å²) in [4.78, 5) is 14.9. The number of rotatable bonds is 2. The highest BCUT2D eigenvalue weighted by molar-refractivity contribution is 14.1. The molecule has 21 heavy (non-hydrogen) atoms. The summed E-state index contributed by atoms with van der Waals surface area (Å²) in [5, 5.41) is 3.60. The Morgan fingerprint density at radius 3 is 2.95 bits per heavy atom. The molecule has 0 saturated carbocycles. The molecule has 5 heteroatoms. The van der Waals surface area contributed by atoms with Crippen LogP contribution in [0, 0.1) is 9.49 Å². The molecule has 114 valence electrons. The molecule has 2 saturated heterocycles. The van der Waals surface area contributed by atoms with E-state index in [1.165, 1.54) is 19.3 Å². The molecule has 1 aromatic carbocycles. The molecule has 2 aliphatic rings. The zero-order chi connectivity index (χ0) is 14.8. The number of hydrogen-bond donors (Lipinski definition) is 1. The lowest BCUT2D eigenvalue weighted by molar-refractivity contribution is 0.0650. The van der Waals surface area contributed by atoms with Crippen LogP contribution in [-0.4, -0.2) is 36.5 Å². The van der Waals surface area contributed by atoms with Crippen LogP contribution in [0.2, 0.25) is 0 Å². The standard InChI is InChI=1S/C16H20BrIN2O/c17-14-6-5-12(18)9-13(14)16(21)20-8-2-3-11(10-20)15-4-1-7-19-15/h5-6,9,11,15,19H,1-4,7-8,10H2. The van der Waals surface area contributed by atoms with Crippen LogP contribution < -0.4 is 5.32 Å². The SMILES string of the molecule is O=C(c1cc(I)ccc1Br)N1CCCC(C2CCCN2)C1. The molecule has 1 amide bonds. The molecule has 2 unspecified atom stereocenters. The Morgan fingerprint density at radius 2 is 2.19 bits per heavy atom. The molecule has 2 aliphatic heterocycles. The van der Waals surface area contributed by atoms with E-state index in [1.54, 1.807) is 0 Å². The maximum Gasteiger partial charge on any atom is 0.255 e. The Bertz CT molecular complexity index is 531. The molecule has 0 aromatic heterocycles. The minimum atomic E-state index is 0.170. The van der Waals surface area contributed by atoms with Gasteiger partial charge in [0, 0.05) is 27.2 Å². The number of benzene rings is 1. The Balaban J connectivity index is 1.73. The van der Waals surface area contributed by atoms with Gasteiger partial charge >= 0.3 is 0 Å². The first kappa shape index (κ1) is 15.7. The molecule has 0 radical (unpaired) electrons. The Morgan fingerprint density at radius 1 is 1.33 bits per heavy atom. The van der Waals surface area contributed by atoms with Gasteiger partial charge in [-0.05, 0) is 94.9 Å². The molecular weight excluding hydrogens is 443 g/mol. The molecule has 2 heterocycles. The first-order valence-electron chi connectivity index (χ1n) is 7.63. The summed E-state index contributed by atoms with van der Waals surface area (Å²) >= 11 is 5.78. The number of carbonyl (C=O) groups excluding carboxylic acids is 1. The molecular formula is C16H20BrIN2O. The molecule has 1 aromatic rings. The molecule has 2 fully saturated rings. The van der Waals surface area contributed by atoms with Crippen molar-refractivity contribution in [2.75, 3.05) is 19.6 Å². The summed E-state index contributed by atoms with van der Waals surface area (Å²) in [7, 11) is 0. The van der Waals surface area contributed by atoms with E-state index >= 15 is 0 Å². The van der Waals surface area contributed by atoms with Crippen molar-refractivity contribution in [2.24, 2.45) is 5.92 Å². The van der Waals surface area contributed by atoms with Crippen molar-refractivity contribution in [3.63, 3.8) is 0 Å². The van der Waals surface area contributed by atoms with E-state index in [9.17, 15) is 4.79 Å². The van der Waals surface area contributed by atoms with Crippen LogP contribution in [0.5, 0.6) is 0 Å². The smallest absolute Gasteiger partial charge is 0.255 e. The fourth-order valence-corrected chi connectivity index (χ4v) is 4.38. The quantitative estimate of drug-likeness (QED) is 0.680. The van der Waals surface area contributed by atoms with E-state index in [-0.39, 0.29) is 5.91 Å². The summed E-state index contributed by atoms with van der Waals surface area (Å²) < 4.78 is 2.00. The maximum absolute atomic E-state index is 12.8. The van der Waals surface area contributed by atoms with Crippen molar-refractivity contribution < 1.29 is 4.79 Å². The van der Waals surface area contributed by atoms with Crippen molar-refractivity contribution in [3.8, 4) is 0 Å². The van der Waals surface area contributed by atoms with Gasteiger partial charge in [0.25, 0.3) is 5.91 Å². The number of likely N-dealkylation sites (tertiary alicyclic amines) is 1. The van der Waals surface area contributed by atoms with Crippen LogP contribution in [0.3, 0.4) is 0 Å². The fraction of sp³-hybridized carbons (Fsp3) is 0.562. The number of halogens is 2. The molecule has 0 bridgehead atoms. The van der Waals surface area contributed by atoms with Gasteiger partial charge in [0.2, 0.25) is 0 Å². The zero-order valence-corrected chi connectivity index (χ0v) is 15.7. The largest absolute Gasteiger partial charge is 0.338 e. The molecule has 0 aliphatic carbocycles. The van der Waals surface area contributed by atoms with Crippen LogP contribution in [0.1, 0.15) is 36.0 Å². The van der Waals surface area contributed by atoms with Crippen molar-refractivity contribution >= 4 is 44.4 Å². The van der Waals surface area contributed by atoms with E-state index in [0.29, 0.717) is 12.0 Å².